The minimum absolute atomic E-state index is 0.119. The molecular weight excluding hydrogens is 996 g/mol. The number of H-pyrrole nitrogens is 1. The van der Waals surface area contributed by atoms with Crippen LogP contribution < -0.4 is 38.0 Å². The van der Waals surface area contributed by atoms with E-state index < -0.39 is 7.60 Å². The molecule has 1 amide bonds. The van der Waals surface area contributed by atoms with Crippen molar-refractivity contribution in [1.29, 1.82) is 0 Å². The minimum atomic E-state index is -3.10. The van der Waals surface area contributed by atoms with Crippen LogP contribution in [0.2, 0.25) is 0 Å². The smallest absolute Gasteiger partial charge is 0.330 e. The molecule has 78 heavy (non-hydrogen) atoms. The van der Waals surface area contributed by atoms with E-state index in [0.29, 0.717) is 48.6 Å². The molecule has 2 heterocycles. The number of rotatable bonds is 56. The summed E-state index contributed by atoms with van der Waals surface area (Å²) in [6, 6.07) is 7.28. The van der Waals surface area contributed by atoms with Gasteiger partial charge in [-0.1, -0.05) is 206 Å². The van der Waals surface area contributed by atoms with Gasteiger partial charge in [-0.05, 0) is 108 Å². The Morgan fingerprint density at radius 3 is 1.42 bits per heavy atom. The fourth-order valence-electron chi connectivity index (χ4n) is 9.89. The molecule has 0 aliphatic rings. The average Bonchev–Trinajstić information content (AvgIpc) is 3.81. The van der Waals surface area contributed by atoms with Crippen molar-refractivity contribution in [2.45, 2.75) is 252 Å². The summed E-state index contributed by atoms with van der Waals surface area (Å²) in [4.78, 5) is 37.3. The van der Waals surface area contributed by atoms with E-state index in [1.807, 2.05) is 12.1 Å². The number of amides is 1. The molecule has 0 fully saturated rings. The van der Waals surface area contributed by atoms with E-state index in [1.54, 1.807) is 12.1 Å². The van der Waals surface area contributed by atoms with Gasteiger partial charge in [0.15, 0.2) is 11.5 Å². The number of unbranched alkanes of at least 4 members (excludes halogenated alkanes) is 28. The predicted octanol–water partition coefficient (Wildman–Crippen LogP) is 14.6. The second-order valence-corrected chi connectivity index (χ2v) is 24.3. The average molecular weight is 1110 g/mol. The van der Waals surface area contributed by atoms with Crippen LogP contribution >= 0.6 is 7.60 Å². The Bertz CT molecular complexity index is 1960. The Hall–Kier alpha value is -3.33. The van der Waals surface area contributed by atoms with Gasteiger partial charge in [0.05, 0.1) is 25.9 Å². The molecule has 1 aromatic carbocycles. The second kappa shape index (κ2) is 47.3. The number of nitrogens with two attached hydrogens (primary N) is 1. The summed E-state index contributed by atoms with van der Waals surface area (Å²) in [7, 11) is -3.10. The van der Waals surface area contributed by atoms with Gasteiger partial charge in [0.2, 0.25) is 5.95 Å². The molecule has 0 spiro atoms. The maximum absolute atomic E-state index is 13.9. The summed E-state index contributed by atoms with van der Waals surface area (Å²) >= 11 is 0. The van der Waals surface area contributed by atoms with Crippen molar-refractivity contribution in [3.8, 4) is 0 Å². The molecule has 0 atom stereocenters. The molecule has 0 aliphatic carbocycles. The second-order valence-electron chi connectivity index (χ2n) is 22.1. The maximum atomic E-state index is 13.9. The van der Waals surface area contributed by atoms with Crippen molar-refractivity contribution in [3.05, 3.63) is 45.9 Å². The first-order valence-electron chi connectivity index (χ1n) is 32.2. The Morgan fingerprint density at radius 2 is 0.949 bits per heavy atom. The van der Waals surface area contributed by atoms with E-state index in [1.165, 1.54) is 159 Å². The molecule has 2 aromatic heterocycles. The van der Waals surface area contributed by atoms with Crippen LogP contribution in [0.3, 0.4) is 0 Å². The highest BCUT2D eigenvalue weighted by molar-refractivity contribution is 7.53. The first kappa shape index (κ1) is 68.9. The highest BCUT2D eigenvalue weighted by Crippen LogP contribution is 2.49. The van der Waals surface area contributed by atoms with E-state index in [0.717, 1.165) is 122 Å². The van der Waals surface area contributed by atoms with Gasteiger partial charge in [0, 0.05) is 18.7 Å². The summed E-state index contributed by atoms with van der Waals surface area (Å²) in [5.41, 5.74) is 8.11. The first-order valence-corrected chi connectivity index (χ1v) is 33.9. The number of nitrogens with one attached hydrogen (secondary N) is 6. The number of aromatic nitrogens is 4. The van der Waals surface area contributed by atoms with Gasteiger partial charge in [0.1, 0.15) is 5.52 Å². The topological polar surface area (TPSA) is 202 Å². The zero-order chi connectivity index (χ0) is 55.8. The van der Waals surface area contributed by atoms with Crippen LogP contribution in [0.4, 0.5) is 11.8 Å². The van der Waals surface area contributed by atoms with Crippen LogP contribution in [0.5, 0.6) is 0 Å². The highest BCUT2D eigenvalue weighted by atomic mass is 31.2. The number of fused-ring (bicyclic) bond motifs is 1. The van der Waals surface area contributed by atoms with E-state index in [2.05, 4.69) is 62.3 Å². The van der Waals surface area contributed by atoms with E-state index in [9.17, 15) is 14.2 Å². The van der Waals surface area contributed by atoms with Crippen LogP contribution in [0.25, 0.3) is 11.2 Å². The number of nitrogen functional groups attached to an aromatic ring is 1. The number of benzene rings is 1. The maximum Gasteiger partial charge on any atom is 0.330 e. The molecule has 0 unspecified atom stereocenters. The van der Waals surface area contributed by atoms with Crippen molar-refractivity contribution in [2.24, 2.45) is 0 Å². The third-order valence-electron chi connectivity index (χ3n) is 14.9. The number of imidazole rings is 1. The van der Waals surface area contributed by atoms with Gasteiger partial charge in [-0.25, -0.2) is 4.79 Å². The van der Waals surface area contributed by atoms with Crippen molar-refractivity contribution < 1.29 is 18.4 Å². The van der Waals surface area contributed by atoms with Gasteiger partial charge in [-0.3, -0.25) is 13.9 Å². The monoisotopic (exact) mass is 1110 g/mol. The molecule has 0 aliphatic heterocycles. The normalized spacial score (nSPS) is 11.8. The number of carbonyl (C=O) groups excluding carboxylic acids is 1. The SMILES string of the molecule is CCCCCCCCCCCCCCCCOP(=O)(CCCNCCCNCCCCNCCCNC(=O)c1ccc(Cn2c(=O)[nH]c3c(N)nc(NCCCC)nc32)cc1)OCCCCCCCCCCCCCCCC. The Kier molecular flexibility index (Phi) is 41.8. The predicted molar refractivity (Wildman–Crippen MR) is 331 cm³/mol. The van der Waals surface area contributed by atoms with Crippen LogP contribution in [-0.2, 0) is 20.2 Å². The number of hydrogen-bond donors (Lipinski definition) is 7. The summed E-state index contributed by atoms with van der Waals surface area (Å²) < 4.78 is 27.6. The summed E-state index contributed by atoms with van der Waals surface area (Å²) in [6.45, 7) is 14.8. The Morgan fingerprint density at radius 1 is 0.526 bits per heavy atom. The molecule has 0 saturated carbocycles. The molecule has 3 aromatic rings. The van der Waals surface area contributed by atoms with Crippen molar-refractivity contribution in [1.82, 2.24) is 40.8 Å². The lowest BCUT2D eigenvalue weighted by atomic mass is 10.0. The first-order chi connectivity index (χ1) is 38.3. The number of aromatic amines is 1. The highest BCUT2D eigenvalue weighted by Gasteiger charge is 2.24. The minimum Gasteiger partial charge on any atom is -0.382 e. The van der Waals surface area contributed by atoms with Gasteiger partial charge in [-0.2, -0.15) is 9.97 Å². The van der Waals surface area contributed by atoms with Crippen LogP contribution in [0, 0.1) is 0 Å². The number of carbonyl (C=O) groups is 1. The van der Waals surface area contributed by atoms with Gasteiger partial charge < -0.3 is 46.3 Å². The van der Waals surface area contributed by atoms with Gasteiger partial charge in [-0.15, -0.1) is 0 Å². The summed E-state index contributed by atoms with van der Waals surface area (Å²) in [5, 5.41) is 16.8. The number of hydrogen-bond acceptors (Lipinski definition) is 12. The molecule has 448 valence electrons. The molecule has 0 saturated heterocycles. The fraction of sp³-hybridized carbons (Fsp3) is 0.806. The molecule has 16 heteroatoms. The third kappa shape index (κ3) is 34.1. The van der Waals surface area contributed by atoms with E-state index in [4.69, 9.17) is 14.8 Å². The van der Waals surface area contributed by atoms with Crippen LogP contribution in [-0.4, -0.2) is 97.2 Å². The quantitative estimate of drug-likeness (QED) is 0.0209. The van der Waals surface area contributed by atoms with Gasteiger partial charge in [0.25, 0.3) is 5.91 Å². The molecule has 0 bridgehead atoms. The zero-order valence-corrected chi connectivity index (χ0v) is 50.8. The molecular formula is C62H115N10O5P. The zero-order valence-electron chi connectivity index (χ0n) is 50.0. The molecule has 15 nitrogen and oxygen atoms in total. The Labute approximate surface area is 474 Å². The van der Waals surface area contributed by atoms with Crippen LogP contribution in [0.1, 0.15) is 261 Å². The van der Waals surface area contributed by atoms with Gasteiger partial charge >= 0.3 is 13.3 Å². The van der Waals surface area contributed by atoms with Crippen LogP contribution in [0.15, 0.2) is 29.1 Å². The lowest BCUT2D eigenvalue weighted by Crippen LogP contribution is -2.28. The molecule has 8 N–H and O–H groups in total. The van der Waals surface area contributed by atoms with E-state index >= 15 is 0 Å². The number of nitrogens with zero attached hydrogens (tertiary/aromatic N) is 3. The standard InChI is InChI=1S/C62H115N10O5P/c1-4-7-10-12-14-16-18-20-22-24-26-28-30-34-51-76-78(75,77-52-35-31-29-27-25-23-21-19-17-15-13-11-8-5-2)53-38-48-66-46-36-45-64-43-32-33-44-65-47-37-50-67-60(73)56-41-39-55(40-42-56)54-72-59-57(69-62(72)74)58(63)70-61(71-59)68-49-9-6-3/h39-42,64-66H,4-38,43-54H2,1-3H3,(H,67,73)(H,69,74)(H3,63,68,70,71). The van der Waals surface area contributed by atoms with Crippen molar-refractivity contribution in [2.75, 3.05) is 82.8 Å². The summed E-state index contributed by atoms with van der Waals surface area (Å²) in [5.74, 6) is 0.499. The molecule has 0 radical (unpaired) electrons. The summed E-state index contributed by atoms with van der Waals surface area (Å²) in [6.07, 6.45) is 44.3. The lowest BCUT2D eigenvalue weighted by molar-refractivity contribution is 0.0953. The molecule has 3 rings (SSSR count). The fourth-order valence-corrected chi connectivity index (χ4v) is 11.6. The van der Waals surface area contributed by atoms with E-state index in [-0.39, 0.29) is 24.0 Å². The largest absolute Gasteiger partial charge is 0.382 e. The lowest BCUT2D eigenvalue weighted by Gasteiger charge is -2.19. The number of anilines is 2. The van der Waals surface area contributed by atoms with Crippen molar-refractivity contribution in [3.63, 3.8) is 0 Å². The third-order valence-corrected chi connectivity index (χ3v) is 16.9. The van der Waals surface area contributed by atoms with Crippen molar-refractivity contribution >= 4 is 36.4 Å². The Balaban J connectivity index is 1.18.